The van der Waals surface area contributed by atoms with Gasteiger partial charge in [-0.15, -0.1) is 0 Å². The first-order valence-corrected chi connectivity index (χ1v) is 7.64. The van der Waals surface area contributed by atoms with Crippen LogP contribution in [0, 0.1) is 11.3 Å². The fourth-order valence-corrected chi connectivity index (χ4v) is 3.08. The molecule has 1 aliphatic carbocycles. The van der Waals surface area contributed by atoms with Gasteiger partial charge in [0.2, 0.25) is 20.6 Å². The molecular weight excluding hydrogens is 290 g/mol. The number of oxime groups is 1. The van der Waals surface area contributed by atoms with Gasteiger partial charge in [0.1, 0.15) is 0 Å². The molecule has 1 atom stereocenters. The summed E-state index contributed by atoms with van der Waals surface area (Å²) >= 11 is 0. The third-order valence-corrected chi connectivity index (χ3v) is 4.30. The maximum atomic E-state index is 11.3. The van der Waals surface area contributed by atoms with Crippen molar-refractivity contribution in [2.24, 2.45) is 16.5 Å². The Labute approximate surface area is 114 Å². The van der Waals surface area contributed by atoms with Gasteiger partial charge in [-0.25, -0.2) is 0 Å². The summed E-state index contributed by atoms with van der Waals surface area (Å²) in [5.74, 6) is -0.712. The molecule has 1 N–H and O–H groups in total. The summed E-state index contributed by atoms with van der Waals surface area (Å²) in [4.78, 5) is -0.00826. The topological polar surface area (TPSA) is 101 Å². The zero-order valence-electron chi connectivity index (χ0n) is 10.8. The van der Waals surface area contributed by atoms with Gasteiger partial charge in [-0.1, -0.05) is 32.0 Å². The molecule has 0 radical (unpaired) electrons. The number of hydrogen-bond donors (Lipinski definition) is 1. The summed E-state index contributed by atoms with van der Waals surface area (Å²) in [5, 5.41) is 12.3. The molecule has 0 spiro atoms. The Morgan fingerprint density at radius 2 is 1.84 bits per heavy atom. The molecular formula is C11H15NO5S2. The predicted octanol–water partition coefficient (Wildman–Crippen LogP) is 0.542. The maximum Gasteiger partial charge on any atom is 0.217 e. The van der Waals surface area contributed by atoms with Gasteiger partial charge in [0.25, 0.3) is 0 Å². The number of allylic oxidation sites excluding steroid dienone is 2. The van der Waals surface area contributed by atoms with E-state index in [9.17, 15) is 16.8 Å². The van der Waals surface area contributed by atoms with Gasteiger partial charge in [0.15, 0.2) is 0 Å². The van der Waals surface area contributed by atoms with Crippen molar-refractivity contribution in [2.45, 2.75) is 27.2 Å². The molecule has 0 aromatic heterocycles. The highest BCUT2D eigenvalue weighted by atomic mass is 32.2. The van der Waals surface area contributed by atoms with Gasteiger partial charge in [0, 0.05) is 11.8 Å². The van der Waals surface area contributed by atoms with E-state index in [1.807, 2.05) is 0 Å². The van der Waals surface area contributed by atoms with Crippen LogP contribution < -0.4 is 0 Å². The zero-order chi connectivity index (χ0) is 14.8. The zero-order valence-corrected chi connectivity index (χ0v) is 12.4. The smallest absolute Gasteiger partial charge is 0.217 e. The molecule has 0 saturated carbocycles. The average Bonchev–Trinajstić information content (AvgIpc) is 2.27. The van der Waals surface area contributed by atoms with Crippen LogP contribution in [0.25, 0.3) is 0 Å². The largest absolute Gasteiger partial charge is 0.411 e. The Kier molecular flexibility index (Phi) is 4.70. The summed E-state index contributed by atoms with van der Waals surface area (Å²) in [7, 11) is -5.00. The standard InChI is InChI=1S/C11H15NO5S2/c1-11(2,3)10(12-13)8-5-4-7(18(14)15)6-9(8)19(16)17/h4-5,8,13H,6H2,1-3H3. The molecule has 8 heteroatoms. The molecule has 1 rings (SSSR count). The molecule has 6 nitrogen and oxygen atoms in total. The van der Waals surface area contributed by atoms with Crippen LogP contribution in [0.3, 0.4) is 0 Å². The van der Waals surface area contributed by atoms with E-state index < -0.39 is 31.9 Å². The van der Waals surface area contributed by atoms with Crippen LogP contribution in [0.15, 0.2) is 17.3 Å². The summed E-state index contributed by atoms with van der Waals surface area (Å²) in [6.07, 6.45) is 2.59. The minimum absolute atomic E-state index is 0.00153. The van der Waals surface area contributed by atoms with Crippen molar-refractivity contribution < 1.29 is 22.0 Å². The maximum absolute atomic E-state index is 11.3. The van der Waals surface area contributed by atoms with E-state index in [1.54, 1.807) is 20.8 Å². The highest BCUT2D eigenvalue weighted by Crippen LogP contribution is 2.26. The molecule has 1 aliphatic rings. The van der Waals surface area contributed by atoms with Crippen molar-refractivity contribution in [3.05, 3.63) is 12.2 Å². The summed E-state index contributed by atoms with van der Waals surface area (Å²) < 4.78 is 44.3. The molecule has 0 amide bonds. The lowest BCUT2D eigenvalue weighted by atomic mass is 9.78. The van der Waals surface area contributed by atoms with Crippen LogP contribution in [0.4, 0.5) is 0 Å². The average molecular weight is 305 g/mol. The van der Waals surface area contributed by atoms with Gasteiger partial charge in [0.05, 0.1) is 21.4 Å². The van der Waals surface area contributed by atoms with Crippen LogP contribution in [-0.2, 0) is 20.6 Å². The molecule has 0 heterocycles. The van der Waals surface area contributed by atoms with Crippen molar-refractivity contribution in [3.8, 4) is 0 Å². The minimum atomic E-state index is -2.55. The number of nitrogens with zero attached hydrogens (tertiary/aromatic N) is 1. The Hall–Kier alpha value is -1.41. The summed E-state index contributed by atoms with van der Waals surface area (Å²) in [5.41, 5.74) is -0.263. The van der Waals surface area contributed by atoms with Gasteiger partial charge in [-0.2, -0.15) is 16.8 Å². The molecule has 0 saturated heterocycles. The van der Waals surface area contributed by atoms with Crippen LogP contribution in [0.2, 0.25) is 0 Å². The van der Waals surface area contributed by atoms with Crippen LogP contribution >= 0.6 is 0 Å². The van der Waals surface area contributed by atoms with Crippen molar-refractivity contribution in [1.82, 2.24) is 0 Å². The molecule has 1 unspecified atom stereocenters. The fourth-order valence-electron chi connectivity index (χ4n) is 1.85. The molecule has 0 aromatic rings. The second-order valence-corrected chi connectivity index (χ2v) is 7.14. The Balaban J connectivity index is 3.49. The molecule has 0 bridgehead atoms. The van der Waals surface area contributed by atoms with Crippen LogP contribution in [0.5, 0.6) is 0 Å². The third kappa shape index (κ3) is 3.54. The monoisotopic (exact) mass is 305 g/mol. The van der Waals surface area contributed by atoms with Crippen molar-refractivity contribution in [1.29, 1.82) is 0 Å². The second-order valence-electron chi connectivity index (χ2n) is 5.15. The fraction of sp³-hybridized carbons (Fsp3) is 0.545. The highest BCUT2D eigenvalue weighted by molar-refractivity contribution is 7.75. The Morgan fingerprint density at radius 1 is 1.26 bits per heavy atom. The first-order valence-electron chi connectivity index (χ1n) is 5.49. The summed E-state index contributed by atoms with van der Waals surface area (Å²) in [6, 6.07) is 0. The quantitative estimate of drug-likeness (QED) is 0.330. The van der Waals surface area contributed by atoms with E-state index in [4.69, 9.17) is 5.21 Å². The Bertz CT molecular complexity index is 687. The van der Waals surface area contributed by atoms with Gasteiger partial charge < -0.3 is 5.21 Å². The van der Waals surface area contributed by atoms with E-state index in [-0.39, 0.29) is 21.9 Å². The lowest BCUT2D eigenvalue weighted by molar-refractivity contribution is 0.308. The van der Waals surface area contributed by atoms with E-state index in [1.165, 1.54) is 12.2 Å². The van der Waals surface area contributed by atoms with E-state index in [0.29, 0.717) is 0 Å². The van der Waals surface area contributed by atoms with Crippen LogP contribution in [0.1, 0.15) is 27.2 Å². The van der Waals surface area contributed by atoms with Crippen molar-refractivity contribution >= 4 is 36.0 Å². The Morgan fingerprint density at radius 3 is 2.21 bits per heavy atom. The molecule has 0 fully saturated rings. The first kappa shape index (κ1) is 15.6. The predicted molar refractivity (Wildman–Crippen MR) is 73.8 cm³/mol. The minimum Gasteiger partial charge on any atom is -0.411 e. The normalized spacial score (nSPS) is 20.6. The SMILES string of the molecule is CC(C)(C)C(=NO)C1C=CC(=S(=O)=O)CC1=S(=O)=O. The molecule has 106 valence electrons. The molecule has 19 heavy (non-hydrogen) atoms. The van der Waals surface area contributed by atoms with Gasteiger partial charge in [-0.3, -0.25) is 0 Å². The van der Waals surface area contributed by atoms with Crippen molar-refractivity contribution in [2.75, 3.05) is 0 Å². The van der Waals surface area contributed by atoms with Crippen molar-refractivity contribution in [3.63, 3.8) is 0 Å². The van der Waals surface area contributed by atoms with E-state index in [2.05, 4.69) is 5.16 Å². The summed E-state index contributed by atoms with van der Waals surface area (Å²) in [6.45, 7) is 5.35. The van der Waals surface area contributed by atoms with E-state index >= 15 is 0 Å². The molecule has 0 aromatic carbocycles. The second kappa shape index (κ2) is 5.70. The van der Waals surface area contributed by atoms with Crippen LogP contribution in [-0.4, -0.2) is 37.5 Å². The first-order chi connectivity index (χ1) is 8.68. The lowest BCUT2D eigenvalue weighted by Gasteiger charge is -2.27. The van der Waals surface area contributed by atoms with Gasteiger partial charge in [-0.05, 0) is 6.08 Å². The lowest BCUT2D eigenvalue weighted by Crippen LogP contribution is -2.36. The number of rotatable bonds is 1. The van der Waals surface area contributed by atoms with Gasteiger partial charge >= 0.3 is 0 Å². The highest BCUT2D eigenvalue weighted by Gasteiger charge is 2.33. The molecule has 0 aliphatic heterocycles. The number of hydrogen-bond acceptors (Lipinski definition) is 6. The third-order valence-electron chi connectivity index (χ3n) is 2.77. The van der Waals surface area contributed by atoms with E-state index in [0.717, 1.165) is 0 Å².